The number of rotatable bonds is 7. The first-order valence-corrected chi connectivity index (χ1v) is 11.2. The quantitative estimate of drug-likeness (QED) is 0.682. The molecule has 164 valence electrons. The van der Waals surface area contributed by atoms with Crippen molar-refractivity contribution in [3.8, 4) is 0 Å². The summed E-state index contributed by atoms with van der Waals surface area (Å²) in [5, 5.41) is 8.01. The minimum absolute atomic E-state index is 0.0882. The second-order valence-corrected chi connectivity index (χ2v) is 9.09. The highest BCUT2D eigenvalue weighted by molar-refractivity contribution is 7.89. The van der Waals surface area contributed by atoms with E-state index in [9.17, 15) is 22.4 Å². The van der Waals surface area contributed by atoms with Crippen molar-refractivity contribution < 1.29 is 22.4 Å². The summed E-state index contributed by atoms with van der Waals surface area (Å²) >= 11 is 0. The van der Waals surface area contributed by atoms with Crippen LogP contribution in [0.25, 0.3) is 0 Å². The summed E-state index contributed by atoms with van der Waals surface area (Å²) < 4.78 is 39.9. The van der Waals surface area contributed by atoms with Crippen LogP contribution >= 0.6 is 0 Å². The average Bonchev–Trinajstić information content (AvgIpc) is 2.70. The predicted molar refractivity (Wildman–Crippen MR) is 114 cm³/mol. The summed E-state index contributed by atoms with van der Waals surface area (Å²) in [5.41, 5.74) is 1.27. The van der Waals surface area contributed by atoms with E-state index in [4.69, 9.17) is 0 Å². The summed E-state index contributed by atoms with van der Waals surface area (Å²) in [5.74, 6) is -1.09. The van der Waals surface area contributed by atoms with Gasteiger partial charge in [-0.15, -0.1) is 0 Å². The fourth-order valence-corrected chi connectivity index (χ4v) is 4.20. The Kier molecular flexibility index (Phi) is 6.81. The smallest absolute Gasteiger partial charge is 0.271 e. The first kappa shape index (κ1) is 22.6. The number of benzene rings is 2. The highest BCUT2D eigenvalue weighted by Crippen LogP contribution is 2.17. The zero-order chi connectivity index (χ0) is 22.6. The molecule has 2 N–H and O–H groups in total. The van der Waals surface area contributed by atoms with Gasteiger partial charge in [0.1, 0.15) is 11.5 Å². The van der Waals surface area contributed by atoms with Gasteiger partial charge >= 0.3 is 0 Å². The topological polar surface area (TPSA) is 108 Å². The van der Waals surface area contributed by atoms with E-state index in [2.05, 4.69) is 15.1 Å². The third kappa shape index (κ3) is 5.96. The number of nitrogens with one attached hydrogen (secondary N) is 2. The van der Waals surface area contributed by atoms with Crippen LogP contribution in [0.15, 0.2) is 58.5 Å². The molecule has 2 aromatic carbocycles. The third-order valence-corrected chi connectivity index (χ3v) is 6.10. The van der Waals surface area contributed by atoms with Crippen LogP contribution in [0.4, 0.5) is 10.1 Å². The van der Waals surface area contributed by atoms with Crippen molar-refractivity contribution in [1.82, 2.24) is 9.73 Å². The first-order chi connectivity index (χ1) is 14.6. The molecule has 0 aromatic heterocycles. The van der Waals surface area contributed by atoms with Crippen molar-refractivity contribution in [3.05, 3.63) is 59.9 Å². The molecule has 10 heteroatoms. The van der Waals surface area contributed by atoms with Crippen LogP contribution in [0, 0.1) is 5.82 Å². The van der Waals surface area contributed by atoms with Crippen molar-refractivity contribution in [2.75, 3.05) is 5.32 Å². The van der Waals surface area contributed by atoms with E-state index >= 15 is 0 Å². The van der Waals surface area contributed by atoms with Gasteiger partial charge in [0, 0.05) is 24.6 Å². The lowest BCUT2D eigenvalue weighted by Crippen LogP contribution is -2.36. The van der Waals surface area contributed by atoms with E-state index in [0.29, 0.717) is 11.3 Å². The Labute approximate surface area is 180 Å². The van der Waals surface area contributed by atoms with Crippen molar-refractivity contribution in [1.29, 1.82) is 0 Å². The van der Waals surface area contributed by atoms with Gasteiger partial charge in [0.15, 0.2) is 0 Å². The van der Waals surface area contributed by atoms with E-state index in [-0.39, 0.29) is 47.8 Å². The normalized spacial score (nSPS) is 14.5. The van der Waals surface area contributed by atoms with Crippen LogP contribution < -0.4 is 10.0 Å². The van der Waals surface area contributed by atoms with E-state index in [1.165, 1.54) is 41.4 Å². The summed E-state index contributed by atoms with van der Waals surface area (Å²) in [4.78, 5) is 24.8. The minimum atomic E-state index is -3.63. The number of amides is 2. The molecule has 1 aliphatic rings. The van der Waals surface area contributed by atoms with Crippen LogP contribution in [0.5, 0.6) is 0 Å². The predicted octanol–water partition coefficient (Wildman–Crippen LogP) is 2.63. The zero-order valence-corrected chi connectivity index (χ0v) is 17.9. The molecule has 0 radical (unpaired) electrons. The number of sulfonamides is 1. The van der Waals surface area contributed by atoms with Gasteiger partial charge in [-0.2, -0.15) is 5.10 Å². The molecular formula is C21H23FN4O4S. The van der Waals surface area contributed by atoms with Gasteiger partial charge in [-0.3, -0.25) is 9.59 Å². The molecule has 0 saturated heterocycles. The van der Waals surface area contributed by atoms with Gasteiger partial charge in [-0.05, 0) is 55.8 Å². The molecule has 1 aliphatic heterocycles. The van der Waals surface area contributed by atoms with Crippen LogP contribution in [0.2, 0.25) is 0 Å². The van der Waals surface area contributed by atoms with Crippen LogP contribution in [-0.2, 0) is 26.2 Å². The van der Waals surface area contributed by atoms with Gasteiger partial charge < -0.3 is 5.32 Å². The molecule has 0 unspecified atom stereocenters. The zero-order valence-electron chi connectivity index (χ0n) is 17.1. The molecule has 0 saturated carbocycles. The summed E-state index contributed by atoms with van der Waals surface area (Å²) in [6.45, 7) is 3.58. The lowest BCUT2D eigenvalue weighted by Gasteiger charge is -2.23. The highest BCUT2D eigenvalue weighted by Gasteiger charge is 2.25. The number of hydrogen-bond donors (Lipinski definition) is 2. The second-order valence-electron chi connectivity index (χ2n) is 7.38. The van der Waals surface area contributed by atoms with Crippen LogP contribution in [0.1, 0.15) is 32.3 Å². The molecule has 31 heavy (non-hydrogen) atoms. The molecule has 8 nitrogen and oxygen atoms in total. The Morgan fingerprint density at radius 1 is 1.10 bits per heavy atom. The van der Waals surface area contributed by atoms with Crippen LogP contribution in [-0.4, -0.2) is 37.0 Å². The van der Waals surface area contributed by atoms with E-state index in [0.717, 1.165) is 0 Å². The maximum Gasteiger partial charge on any atom is 0.271 e. The Morgan fingerprint density at radius 2 is 1.74 bits per heavy atom. The molecule has 2 aromatic rings. The molecule has 1 heterocycles. The maximum atomic E-state index is 13.1. The number of nitrogens with zero attached hydrogens (tertiary/aromatic N) is 2. The van der Waals surface area contributed by atoms with Gasteiger partial charge in [0.05, 0.1) is 11.4 Å². The minimum Gasteiger partial charge on any atom is -0.321 e. The average molecular weight is 447 g/mol. The fraction of sp³-hybridized carbons (Fsp3) is 0.286. The Balaban J connectivity index is 1.69. The monoisotopic (exact) mass is 446 g/mol. The van der Waals surface area contributed by atoms with Crippen molar-refractivity contribution in [2.24, 2.45) is 5.10 Å². The molecule has 0 aliphatic carbocycles. The number of anilines is 1. The summed E-state index contributed by atoms with van der Waals surface area (Å²) in [6, 6.07) is 11.2. The number of hydrazone groups is 1. The SMILES string of the molecule is CC(C)NS(=O)(=O)c1ccc(NC(=O)C2=NN(Cc3ccc(F)cc3)C(=O)CC2)cc1. The van der Waals surface area contributed by atoms with Crippen molar-refractivity contribution >= 4 is 33.2 Å². The van der Waals surface area contributed by atoms with Gasteiger partial charge in [0.2, 0.25) is 15.9 Å². The van der Waals surface area contributed by atoms with Crippen molar-refractivity contribution in [2.45, 2.75) is 44.2 Å². The Morgan fingerprint density at radius 3 is 2.35 bits per heavy atom. The van der Waals surface area contributed by atoms with Gasteiger partial charge in [0.25, 0.3) is 5.91 Å². The number of carbonyl (C=O) groups excluding carboxylic acids is 2. The number of carbonyl (C=O) groups is 2. The van der Waals surface area contributed by atoms with Crippen molar-refractivity contribution in [3.63, 3.8) is 0 Å². The number of hydrogen-bond acceptors (Lipinski definition) is 5. The van der Waals surface area contributed by atoms with Gasteiger partial charge in [-0.25, -0.2) is 22.5 Å². The third-order valence-electron chi connectivity index (χ3n) is 4.43. The second kappa shape index (κ2) is 9.36. The molecule has 0 atom stereocenters. The Hall–Kier alpha value is -3.11. The molecule has 3 rings (SSSR count). The molecular weight excluding hydrogens is 423 g/mol. The highest BCUT2D eigenvalue weighted by atomic mass is 32.2. The fourth-order valence-electron chi connectivity index (χ4n) is 2.95. The molecule has 2 amide bonds. The first-order valence-electron chi connectivity index (χ1n) is 9.70. The van der Waals surface area contributed by atoms with E-state index < -0.39 is 15.9 Å². The van der Waals surface area contributed by atoms with Crippen LogP contribution in [0.3, 0.4) is 0 Å². The lowest BCUT2D eigenvalue weighted by molar-refractivity contribution is -0.132. The maximum absolute atomic E-state index is 13.1. The largest absolute Gasteiger partial charge is 0.321 e. The molecule has 0 fully saturated rings. The van der Waals surface area contributed by atoms with E-state index in [1.807, 2.05) is 0 Å². The molecule has 0 bridgehead atoms. The van der Waals surface area contributed by atoms with E-state index in [1.54, 1.807) is 26.0 Å². The van der Waals surface area contributed by atoms with Gasteiger partial charge in [-0.1, -0.05) is 12.1 Å². The summed E-state index contributed by atoms with van der Waals surface area (Å²) in [7, 11) is -3.63. The number of halogens is 1. The summed E-state index contributed by atoms with van der Waals surface area (Å²) in [6.07, 6.45) is 0.320. The molecule has 0 spiro atoms. The standard InChI is InChI=1S/C21H23FN4O4S/c1-14(2)25-31(29,30)18-9-7-17(8-10-18)23-21(28)19-11-12-20(27)26(24-19)13-15-3-5-16(22)6-4-15/h3-10,14,25H,11-13H2,1-2H3,(H,23,28). The Bertz CT molecular complexity index is 1100. The lowest BCUT2D eigenvalue weighted by atomic mass is 10.1.